The fraction of sp³-hybridized carbons (Fsp3) is 0.188. The van der Waals surface area contributed by atoms with Crippen LogP contribution in [0.1, 0.15) is 12.0 Å². The highest BCUT2D eigenvalue weighted by Crippen LogP contribution is 2.37. The normalized spacial score (nSPS) is 13.3. The predicted molar refractivity (Wildman–Crippen MR) is 77.3 cm³/mol. The molecule has 0 radical (unpaired) electrons. The van der Waals surface area contributed by atoms with E-state index in [-0.39, 0.29) is 5.56 Å². The van der Waals surface area contributed by atoms with E-state index >= 15 is 0 Å². The average molecular weight is 301 g/mol. The molecular weight excluding hydrogens is 289 g/mol. The summed E-state index contributed by atoms with van der Waals surface area (Å²) in [7, 11) is 0. The van der Waals surface area contributed by atoms with Crippen molar-refractivity contribution >= 4 is 11.8 Å². The van der Waals surface area contributed by atoms with Crippen LogP contribution in [0.25, 0.3) is 0 Å². The standard InChI is InChI=1S/C16H12FNO2S/c17-13-3-1-4-16(12(13)10-18)21-11-5-6-14-15(9-11)20-8-2-7-19-14/h1,3-6,9H,2,7-8H2. The summed E-state index contributed by atoms with van der Waals surface area (Å²) in [6.07, 6.45) is 0.847. The molecule has 21 heavy (non-hydrogen) atoms. The van der Waals surface area contributed by atoms with E-state index in [1.807, 2.05) is 24.3 Å². The Morgan fingerprint density at radius 3 is 2.71 bits per heavy atom. The zero-order valence-corrected chi connectivity index (χ0v) is 12.0. The molecule has 0 amide bonds. The fourth-order valence-electron chi connectivity index (χ4n) is 2.03. The van der Waals surface area contributed by atoms with Crippen LogP contribution in [0.5, 0.6) is 11.5 Å². The molecule has 0 saturated carbocycles. The molecule has 0 aromatic heterocycles. The van der Waals surface area contributed by atoms with E-state index in [1.165, 1.54) is 17.8 Å². The van der Waals surface area contributed by atoms with E-state index < -0.39 is 5.82 Å². The predicted octanol–water partition coefficient (Wildman–Crippen LogP) is 4.01. The Bertz CT molecular complexity index is 712. The van der Waals surface area contributed by atoms with Crippen LogP contribution in [0.3, 0.4) is 0 Å². The van der Waals surface area contributed by atoms with Crippen molar-refractivity contribution in [2.24, 2.45) is 0 Å². The molecule has 106 valence electrons. The molecule has 2 aromatic rings. The van der Waals surface area contributed by atoms with Crippen molar-refractivity contribution < 1.29 is 13.9 Å². The van der Waals surface area contributed by atoms with Crippen LogP contribution in [-0.4, -0.2) is 13.2 Å². The molecule has 0 atom stereocenters. The summed E-state index contributed by atoms with van der Waals surface area (Å²) in [5.74, 6) is 0.904. The van der Waals surface area contributed by atoms with Crippen LogP contribution < -0.4 is 9.47 Å². The fourth-order valence-corrected chi connectivity index (χ4v) is 2.98. The molecule has 0 aliphatic carbocycles. The molecule has 2 aromatic carbocycles. The first kappa shape index (κ1) is 13.8. The van der Waals surface area contributed by atoms with Gasteiger partial charge in [0, 0.05) is 16.2 Å². The SMILES string of the molecule is N#Cc1c(F)cccc1Sc1ccc2c(c1)OCCCO2. The van der Waals surface area contributed by atoms with E-state index in [4.69, 9.17) is 14.7 Å². The van der Waals surface area contributed by atoms with Crippen molar-refractivity contribution in [2.75, 3.05) is 13.2 Å². The zero-order valence-electron chi connectivity index (χ0n) is 11.1. The first-order chi connectivity index (χ1) is 10.3. The number of hydrogen-bond acceptors (Lipinski definition) is 4. The number of ether oxygens (including phenoxy) is 2. The number of rotatable bonds is 2. The molecule has 0 bridgehead atoms. The summed E-state index contributed by atoms with van der Waals surface area (Å²) in [5, 5.41) is 9.06. The van der Waals surface area contributed by atoms with E-state index in [1.54, 1.807) is 12.1 Å². The van der Waals surface area contributed by atoms with Gasteiger partial charge >= 0.3 is 0 Å². The maximum absolute atomic E-state index is 13.6. The third kappa shape index (κ3) is 2.96. The number of nitriles is 1. The van der Waals surface area contributed by atoms with Crippen molar-refractivity contribution in [3.63, 3.8) is 0 Å². The molecule has 1 heterocycles. The maximum atomic E-state index is 13.6. The monoisotopic (exact) mass is 301 g/mol. The lowest BCUT2D eigenvalue weighted by molar-refractivity contribution is 0.297. The maximum Gasteiger partial charge on any atom is 0.162 e. The van der Waals surface area contributed by atoms with Gasteiger partial charge < -0.3 is 9.47 Å². The van der Waals surface area contributed by atoms with Crippen molar-refractivity contribution in [1.82, 2.24) is 0 Å². The quantitative estimate of drug-likeness (QED) is 0.840. The Morgan fingerprint density at radius 1 is 1.10 bits per heavy atom. The molecule has 1 aliphatic rings. The second-order valence-electron chi connectivity index (χ2n) is 4.49. The molecule has 0 saturated heterocycles. The molecule has 3 rings (SSSR count). The first-order valence-electron chi connectivity index (χ1n) is 6.54. The Morgan fingerprint density at radius 2 is 1.90 bits per heavy atom. The molecule has 0 unspecified atom stereocenters. The molecule has 1 aliphatic heterocycles. The molecule has 0 N–H and O–H groups in total. The second-order valence-corrected chi connectivity index (χ2v) is 5.60. The van der Waals surface area contributed by atoms with Gasteiger partial charge in [0.15, 0.2) is 11.5 Å². The minimum atomic E-state index is -0.503. The molecule has 5 heteroatoms. The largest absolute Gasteiger partial charge is 0.490 e. The summed E-state index contributed by atoms with van der Waals surface area (Å²) in [6, 6.07) is 12.1. The van der Waals surface area contributed by atoms with Crippen LogP contribution in [0.4, 0.5) is 4.39 Å². The molecule has 3 nitrogen and oxygen atoms in total. The minimum Gasteiger partial charge on any atom is -0.490 e. The Kier molecular flexibility index (Phi) is 3.98. The van der Waals surface area contributed by atoms with Gasteiger partial charge in [-0.3, -0.25) is 0 Å². The van der Waals surface area contributed by atoms with Gasteiger partial charge in [0.1, 0.15) is 17.4 Å². The number of nitrogens with zero attached hydrogens (tertiary/aromatic N) is 1. The van der Waals surface area contributed by atoms with Crippen molar-refractivity contribution in [1.29, 1.82) is 5.26 Å². The number of fused-ring (bicyclic) bond motifs is 1. The highest BCUT2D eigenvalue weighted by Gasteiger charge is 2.13. The van der Waals surface area contributed by atoms with Gasteiger partial charge in [-0.25, -0.2) is 4.39 Å². The van der Waals surface area contributed by atoms with Crippen LogP contribution in [-0.2, 0) is 0 Å². The van der Waals surface area contributed by atoms with E-state index in [0.29, 0.717) is 23.9 Å². The van der Waals surface area contributed by atoms with Gasteiger partial charge in [-0.15, -0.1) is 0 Å². The summed E-state index contributed by atoms with van der Waals surface area (Å²) < 4.78 is 24.8. The molecule has 0 spiro atoms. The number of benzene rings is 2. The lowest BCUT2D eigenvalue weighted by atomic mass is 10.2. The highest BCUT2D eigenvalue weighted by molar-refractivity contribution is 7.99. The highest BCUT2D eigenvalue weighted by atomic mass is 32.2. The van der Waals surface area contributed by atoms with Crippen LogP contribution in [0.2, 0.25) is 0 Å². The van der Waals surface area contributed by atoms with Gasteiger partial charge in [-0.2, -0.15) is 5.26 Å². The van der Waals surface area contributed by atoms with Crippen molar-refractivity contribution in [3.05, 3.63) is 47.8 Å². The summed E-state index contributed by atoms with van der Waals surface area (Å²) in [6.45, 7) is 1.26. The minimum absolute atomic E-state index is 0.0645. The van der Waals surface area contributed by atoms with Gasteiger partial charge in [0.05, 0.1) is 13.2 Å². The van der Waals surface area contributed by atoms with Crippen LogP contribution in [0, 0.1) is 17.1 Å². The van der Waals surface area contributed by atoms with Crippen LogP contribution >= 0.6 is 11.8 Å². The van der Waals surface area contributed by atoms with Crippen LogP contribution in [0.15, 0.2) is 46.2 Å². The van der Waals surface area contributed by atoms with Gasteiger partial charge in [-0.1, -0.05) is 17.8 Å². The van der Waals surface area contributed by atoms with Gasteiger partial charge in [0.25, 0.3) is 0 Å². The number of hydrogen-bond donors (Lipinski definition) is 0. The summed E-state index contributed by atoms with van der Waals surface area (Å²) in [4.78, 5) is 1.47. The molecule has 0 fully saturated rings. The first-order valence-corrected chi connectivity index (χ1v) is 7.35. The smallest absolute Gasteiger partial charge is 0.162 e. The van der Waals surface area contributed by atoms with E-state index in [9.17, 15) is 4.39 Å². The Labute approximate surface area is 126 Å². The summed E-state index contributed by atoms with van der Waals surface area (Å²) >= 11 is 1.33. The second kappa shape index (κ2) is 6.06. The lowest BCUT2D eigenvalue weighted by Crippen LogP contribution is -1.97. The third-order valence-corrected chi connectivity index (χ3v) is 4.08. The molecular formula is C16H12FNO2S. The van der Waals surface area contributed by atoms with Gasteiger partial charge in [0.2, 0.25) is 0 Å². The zero-order chi connectivity index (χ0) is 14.7. The van der Waals surface area contributed by atoms with Crippen molar-refractivity contribution in [3.8, 4) is 17.6 Å². The Balaban J connectivity index is 1.91. The van der Waals surface area contributed by atoms with Crippen molar-refractivity contribution in [2.45, 2.75) is 16.2 Å². The topological polar surface area (TPSA) is 42.2 Å². The average Bonchev–Trinajstić information content (AvgIpc) is 2.72. The van der Waals surface area contributed by atoms with Gasteiger partial charge in [-0.05, 0) is 30.3 Å². The summed E-state index contributed by atoms with van der Waals surface area (Å²) in [5.41, 5.74) is 0.0645. The van der Waals surface area contributed by atoms with E-state index in [0.717, 1.165) is 17.1 Å². The number of halogens is 1. The third-order valence-electron chi connectivity index (χ3n) is 3.03. The van der Waals surface area contributed by atoms with E-state index in [2.05, 4.69) is 0 Å². The Hall–Kier alpha value is -2.19. The lowest BCUT2D eigenvalue weighted by Gasteiger charge is -2.09.